The Morgan fingerprint density at radius 2 is 1.89 bits per heavy atom. The van der Waals surface area contributed by atoms with E-state index in [4.69, 9.17) is 10.5 Å². The SMILES string of the molecule is CNC(=O)c1cccc(-c2cc(OC(=O)CC3CCCCC3)ccc2N)c1. The molecule has 0 spiro atoms. The lowest BCUT2D eigenvalue weighted by molar-refractivity contribution is -0.135. The number of nitrogens with two attached hydrogens (primary N) is 1. The molecule has 5 nitrogen and oxygen atoms in total. The zero-order valence-corrected chi connectivity index (χ0v) is 15.7. The van der Waals surface area contributed by atoms with Gasteiger partial charge in [-0.2, -0.15) is 0 Å². The maximum absolute atomic E-state index is 12.3. The Balaban J connectivity index is 1.76. The molecule has 0 bridgehead atoms. The predicted octanol–water partition coefficient (Wildman–Crippen LogP) is 4.17. The van der Waals surface area contributed by atoms with Crippen molar-refractivity contribution in [3.8, 4) is 16.9 Å². The van der Waals surface area contributed by atoms with E-state index in [1.165, 1.54) is 19.3 Å². The second kappa shape index (κ2) is 8.71. The number of ether oxygens (including phenoxy) is 1. The van der Waals surface area contributed by atoms with Gasteiger partial charge in [0, 0.05) is 30.3 Å². The third-order valence-electron chi connectivity index (χ3n) is 5.10. The Labute approximate surface area is 159 Å². The largest absolute Gasteiger partial charge is 0.426 e. The standard InChI is InChI=1S/C22H26N2O3/c1-24-22(26)17-9-5-8-16(13-17)19-14-18(10-11-20(19)23)27-21(25)12-15-6-3-2-4-7-15/h5,8-11,13-15H,2-4,6-7,12,23H2,1H3,(H,24,26). The smallest absolute Gasteiger partial charge is 0.311 e. The third-order valence-corrected chi connectivity index (χ3v) is 5.10. The molecule has 1 fully saturated rings. The van der Waals surface area contributed by atoms with E-state index in [0.717, 1.165) is 24.0 Å². The van der Waals surface area contributed by atoms with Crippen molar-refractivity contribution in [1.82, 2.24) is 5.32 Å². The van der Waals surface area contributed by atoms with Crippen LogP contribution in [0.15, 0.2) is 42.5 Å². The summed E-state index contributed by atoms with van der Waals surface area (Å²) < 4.78 is 5.56. The molecule has 0 saturated heterocycles. The summed E-state index contributed by atoms with van der Waals surface area (Å²) in [5.41, 5.74) is 8.78. The zero-order chi connectivity index (χ0) is 19.2. The average Bonchev–Trinajstić information content (AvgIpc) is 2.69. The van der Waals surface area contributed by atoms with Crippen LogP contribution in [0.1, 0.15) is 48.9 Å². The van der Waals surface area contributed by atoms with Crippen LogP contribution in [-0.2, 0) is 4.79 Å². The second-order valence-corrected chi connectivity index (χ2v) is 7.09. The first-order valence-corrected chi connectivity index (χ1v) is 9.49. The van der Waals surface area contributed by atoms with Crippen LogP contribution in [0.4, 0.5) is 5.69 Å². The number of carbonyl (C=O) groups is 2. The van der Waals surface area contributed by atoms with Gasteiger partial charge in [0.25, 0.3) is 5.91 Å². The number of hydrogen-bond acceptors (Lipinski definition) is 4. The molecule has 1 saturated carbocycles. The van der Waals surface area contributed by atoms with Gasteiger partial charge < -0.3 is 15.8 Å². The van der Waals surface area contributed by atoms with Crippen molar-refractivity contribution in [3.63, 3.8) is 0 Å². The number of carbonyl (C=O) groups excluding carboxylic acids is 2. The number of amides is 1. The Kier molecular flexibility index (Phi) is 6.12. The van der Waals surface area contributed by atoms with Gasteiger partial charge in [-0.05, 0) is 54.7 Å². The first kappa shape index (κ1) is 19.0. The highest BCUT2D eigenvalue weighted by molar-refractivity contribution is 5.95. The third kappa shape index (κ3) is 4.88. The second-order valence-electron chi connectivity index (χ2n) is 7.09. The van der Waals surface area contributed by atoms with Crippen molar-refractivity contribution in [1.29, 1.82) is 0 Å². The Morgan fingerprint density at radius 1 is 1.11 bits per heavy atom. The fraction of sp³-hybridized carbons (Fsp3) is 0.364. The van der Waals surface area contributed by atoms with Crippen LogP contribution in [-0.4, -0.2) is 18.9 Å². The van der Waals surface area contributed by atoms with Crippen LogP contribution in [0.25, 0.3) is 11.1 Å². The van der Waals surface area contributed by atoms with Crippen LogP contribution in [0.2, 0.25) is 0 Å². The molecule has 0 heterocycles. The van der Waals surface area contributed by atoms with Gasteiger partial charge in [0.1, 0.15) is 5.75 Å². The number of rotatable bonds is 5. The van der Waals surface area contributed by atoms with E-state index in [0.29, 0.717) is 29.3 Å². The van der Waals surface area contributed by atoms with E-state index in [1.807, 2.05) is 6.07 Å². The number of nitrogens with one attached hydrogen (secondary N) is 1. The Hall–Kier alpha value is -2.82. The molecule has 0 aliphatic heterocycles. The summed E-state index contributed by atoms with van der Waals surface area (Å²) in [6.45, 7) is 0. The van der Waals surface area contributed by atoms with Gasteiger partial charge in [-0.15, -0.1) is 0 Å². The van der Waals surface area contributed by atoms with Crippen LogP contribution in [0.3, 0.4) is 0 Å². The van der Waals surface area contributed by atoms with Crippen molar-refractivity contribution in [2.45, 2.75) is 38.5 Å². The molecule has 0 atom stereocenters. The van der Waals surface area contributed by atoms with Gasteiger partial charge in [0.05, 0.1) is 0 Å². The van der Waals surface area contributed by atoms with Crippen LogP contribution in [0, 0.1) is 5.92 Å². The molecule has 3 N–H and O–H groups in total. The van der Waals surface area contributed by atoms with E-state index in [9.17, 15) is 9.59 Å². The molecule has 1 aliphatic carbocycles. The molecular weight excluding hydrogens is 340 g/mol. The molecule has 5 heteroatoms. The summed E-state index contributed by atoms with van der Waals surface area (Å²) >= 11 is 0. The van der Waals surface area contributed by atoms with Crippen molar-refractivity contribution in [2.75, 3.05) is 12.8 Å². The lowest BCUT2D eigenvalue weighted by atomic mass is 9.87. The highest BCUT2D eigenvalue weighted by atomic mass is 16.5. The van der Waals surface area contributed by atoms with Gasteiger partial charge in [0.15, 0.2) is 0 Å². The quantitative estimate of drug-likeness (QED) is 0.473. The van der Waals surface area contributed by atoms with E-state index < -0.39 is 0 Å². The summed E-state index contributed by atoms with van der Waals surface area (Å²) in [5.74, 6) is 0.552. The van der Waals surface area contributed by atoms with E-state index in [1.54, 1.807) is 43.4 Å². The normalized spacial score (nSPS) is 14.6. The van der Waals surface area contributed by atoms with E-state index in [-0.39, 0.29) is 11.9 Å². The number of anilines is 1. The lowest BCUT2D eigenvalue weighted by Gasteiger charge is -2.20. The summed E-state index contributed by atoms with van der Waals surface area (Å²) in [4.78, 5) is 24.2. The van der Waals surface area contributed by atoms with Crippen LogP contribution < -0.4 is 15.8 Å². The summed E-state index contributed by atoms with van der Waals surface area (Å²) in [6.07, 6.45) is 6.34. The average molecular weight is 366 g/mol. The van der Waals surface area contributed by atoms with Crippen molar-refractivity contribution >= 4 is 17.6 Å². The van der Waals surface area contributed by atoms with Gasteiger partial charge in [0.2, 0.25) is 0 Å². The molecule has 1 amide bonds. The molecule has 142 valence electrons. The van der Waals surface area contributed by atoms with Gasteiger partial charge in [-0.3, -0.25) is 9.59 Å². The number of esters is 1. The fourth-order valence-corrected chi connectivity index (χ4v) is 3.62. The van der Waals surface area contributed by atoms with Gasteiger partial charge in [-0.25, -0.2) is 0 Å². The van der Waals surface area contributed by atoms with Crippen LogP contribution >= 0.6 is 0 Å². The molecule has 0 unspecified atom stereocenters. The number of hydrogen-bond donors (Lipinski definition) is 2. The fourth-order valence-electron chi connectivity index (χ4n) is 3.62. The minimum Gasteiger partial charge on any atom is -0.426 e. The lowest BCUT2D eigenvalue weighted by Crippen LogP contribution is -2.17. The molecule has 27 heavy (non-hydrogen) atoms. The maximum Gasteiger partial charge on any atom is 0.311 e. The zero-order valence-electron chi connectivity index (χ0n) is 15.7. The first-order valence-electron chi connectivity index (χ1n) is 9.49. The molecule has 0 aromatic heterocycles. The van der Waals surface area contributed by atoms with Crippen molar-refractivity contribution in [3.05, 3.63) is 48.0 Å². The Morgan fingerprint density at radius 3 is 2.63 bits per heavy atom. The molecular formula is C22H26N2O3. The topological polar surface area (TPSA) is 81.4 Å². The monoisotopic (exact) mass is 366 g/mol. The molecule has 1 aliphatic rings. The molecule has 3 rings (SSSR count). The highest BCUT2D eigenvalue weighted by Gasteiger charge is 2.18. The summed E-state index contributed by atoms with van der Waals surface area (Å²) in [5, 5.41) is 2.61. The highest BCUT2D eigenvalue weighted by Crippen LogP contribution is 2.31. The predicted molar refractivity (Wildman–Crippen MR) is 107 cm³/mol. The van der Waals surface area contributed by atoms with E-state index in [2.05, 4.69) is 5.32 Å². The summed E-state index contributed by atoms with van der Waals surface area (Å²) in [7, 11) is 1.59. The molecule has 0 radical (unpaired) electrons. The summed E-state index contributed by atoms with van der Waals surface area (Å²) in [6, 6.07) is 12.4. The van der Waals surface area contributed by atoms with E-state index >= 15 is 0 Å². The Bertz CT molecular complexity index is 826. The van der Waals surface area contributed by atoms with Crippen molar-refractivity contribution < 1.29 is 14.3 Å². The van der Waals surface area contributed by atoms with Crippen molar-refractivity contribution in [2.24, 2.45) is 5.92 Å². The number of benzene rings is 2. The van der Waals surface area contributed by atoms with Crippen LogP contribution in [0.5, 0.6) is 5.75 Å². The minimum absolute atomic E-state index is 0.162. The minimum atomic E-state index is -0.197. The van der Waals surface area contributed by atoms with Gasteiger partial charge >= 0.3 is 5.97 Å². The molecule has 2 aromatic carbocycles. The van der Waals surface area contributed by atoms with Gasteiger partial charge in [-0.1, -0.05) is 31.4 Å². The molecule has 2 aromatic rings. The first-order chi connectivity index (χ1) is 13.1. The number of nitrogen functional groups attached to an aromatic ring is 1. The maximum atomic E-state index is 12.3.